The van der Waals surface area contributed by atoms with Crippen molar-refractivity contribution in [2.75, 3.05) is 7.05 Å². The number of nitrogens with one attached hydrogen (secondary N) is 1. The average Bonchev–Trinajstić information content (AvgIpc) is 3.17. The number of amides is 1. The fourth-order valence-corrected chi connectivity index (χ4v) is 4.81. The van der Waals surface area contributed by atoms with Crippen LogP contribution in [0.1, 0.15) is 45.1 Å². The van der Waals surface area contributed by atoms with Crippen LogP contribution < -0.4 is 5.32 Å². The fourth-order valence-electron chi connectivity index (χ4n) is 4.81. The molecule has 2 fully saturated rings. The minimum absolute atomic E-state index is 0.0641. The molecule has 1 amide bonds. The fraction of sp³-hybridized carbons (Fsp3) is 0.650. The van der Waals surface area contributed by atoms with Crippen LogP contribution in [0.4, 0.5) is 4.39 Å². The van der Waals surface area contributed by atoms with E-state index in [4.69, 9.17) is 0 Å². The van der Waals surface area contributed by atoms with E-state index in [1.807, 2.05) is 13.0 Å². The molecular weight excluding hydrogens is 303 g/mol. The van der Waals surface area contributed by atoms with Crippen molar-refractivity contribution in [3.8, 4) is 0 Å². The number of hydrogen-bond donors (Lipinski definition) is 1. The molecule has 1 aromatic carbocycles. The highest BCUT2D eigenvalue weighted by Crippen LogP contribution is 2.49. The molecule has 0 aliphatic heterocycles. The SMILES string of the molecule is CC(NC(C)C1CC2CCC1C2)C(=O)N(C)Cc1cccc(F)c1. The van der Waals surface area contributed by atoms with E-state index in [0.717, 1.165) is 17.4 Å². The standard InChI is InChI=1S/C20H29FN2O/c1-13(19-11-15-7-8-17(19)9-15)22-14(2)20(24)23(3)12-16-5-4-6-18(21)10-16/h4-6,10,13-15,17,19,22H,7-9,11-12H2,1-3H3. The molecule has 2 aliphatic carbocycles. The van der Waals surface area contributed by atoms with E-state index in [1.165, 1.54) is 37.8 Å². The first kappa shape index (κ1) is 17.4. The first-order valence-corrected chi connectivity index (χ1v) is 9.19. The van der Waals surface area contributed by atoms with E-state index in [-0.39, 0.29) is 17.8 Å². The molecule has 1 aromatic rings. The van der Waals surface area contributed by atoms with Gasteiger partial charge < -0.3 is 10.2 Å². The summed E-state index contributed by atoms with van der Waals surface area (Å²) in [6.45, 7) is 4.60. The molecule has 0 radical (unpaired) electrons. The maximum absolute atomic E-state index is 13.3. The maximum Gasteiger partial charge on any atom is 0.239 e. The van der Waals surface area contributed by atoms with Gasteiger partial charge in [0.2, 0.25) is 5.91 Å². The largest absolute Gasteiger partial charge is 0.340 e. The van der Waals surface area contributed by atoms with Crippen LogP contribution in [-0.2, 0) is 11.3 Å². The third-order valence-corrected chi connectivity index (χ3v) is 6.00. The van der Waals surface area contributed by atoms with Crippen molar-refractivity contribution in [1.29, 1.82) is 0 Å². The summed E-state index contributed by atoms with van der Waals surface area (Å²) in [5.74, 6) is 2.29. The third kappa shape index (κ3) is 3.80. The number of fused-ring (bicyclic) bond motifs is 2. The molecule has 132 valence electrons. The molecule has 0 heterocycles. The molecule has 24 heavy (non-hydrogen) atoms. The Kier molecular flexibility index (Phi) is 5.24. The van der Waals surface area contributed by atoms with Gasteiger partial charge in [-0.15, -0.1) is 0 Å². The average molecular weight is 332 g/mol. The van der Waals surface area contributed by atoms with E-state index in [1.54, 1.807) is 18.0 Å². The van der Waals surface area contributed by atoms with Crippen LogP contribution in [0, 0.1) is 23.6 Å². The molecule has 0 aromatic heterocycles. The van der Waals surface area contributed by atoms with E-state index >= 15 is 0 Å². The van der Waals surface area contributed by atoms with E-state index in [2.05, 4.69) is 12.2 Å². The summed E-state index contributed by atoms with van der Waals surface area (Å²) in [4.78, 5) is 14.3. The summed E-state index contributed by atoms with van der Waals surface area (Å²) in [6.07, 6.45) is 5.47. The van der Waals surface area contributed by atoms with E-state index in [0.29, 0.717) is 18.5 Å². The van der Waals surface area contributed by atoms with Crippen LogP contribution in [0.15, 0.2) is 24.3 Å². The number of halogens is 1. The van der Waals surface area contributed by atoms with E-state index < -0.39 is 0 Å². The van der Waals surface area contributed by atoms with Crippen LogP contribution in [-0.4, -0.2) is 29.9 Å². The summed E-state index contributed by atoms with van der Waals surface area (Å²) < 4.78 is 13.3. The minimum Gasteiger partial charge on any atom is -0.340 e. The molecule has 2 bridgehead atoms. The molecule has 1 N–H and O–H groups in total. The number of carbonyl (C=O) groups excluding carboxylic acids is 1. The summed E-state index contributed by atoms with van der Waals surface area (Å²) in [5.41, 5.74) is 0.819. The zero-order valence-corrected chi connectivity index (χ0v) is 15.0. The lowest BCUT2D eigenvalue weighted by Crippen LogP contribution is -2.49. The zero-order chi connectivity index (χ0) is 17.3. The first-order valence-electron chi connectivity index (χ1n) is 9.19. The Balaban J connectivity index is 1.52. The number of nitrogens with zero attached hydrogens (tertiary/aromatic N) is 1. The number of likely N-dealkylation sites (N-methyl/N-ethyl adjacent to an activating group) is 1. The van der Waals surface area contributed by atoms with Crippen LogP contribution in [0.3, 0.4) is 0 Å². The number of benzene rings is 1. The summed E-state index contributed by atoms with van der Waals surface area (Å²) >= 11 is 0. The van der Waals surface area contributed by atoms with Crippen molar-refractivity contribution in [1.82, 2.24) is 10.2 Å². The van der Waals surface area contributed by atoms with Crippen LogP contribution >= 0.6 is 0 Å². The van der Waals surface area contributed by atoms with Gasteiger partial charge in [0.05, 0.1) is 6.04 Å². The molecule has 5 atom stereocenters. The molecule has 0 saturated heterocycles. The molecule has 4 heteroatoms. The van der Waals surface area contributed by atoms with E-state index in [9.17, 15) is 9.18 Å². The predicted molar refractivity (Wildman–Crippen MR) is 93.9 cm³/mol. The van der Waals surface area contributed by atoms with Gasteiger partial charge in [-0.25, -0.2) is 4.39 Å². The van der Waals surface area contributed by atoms with Gasteiger partial charge >= 0.3 is 0 Å². The molecule has 3 rings (SSSR count). The highest BCUT2D eigenvalue weighted by Gasteiger charge is 2.42. The highest BCUT2D eigenvalue weighted by atomic mass is 19.1. The van der Waals surface area contributed by atoms with Crippen LogP contribution in [0.25, 0.3) is 0 Å². The second kappa shape index (κ2) is 7.22. The second-order valence-corrected chi connectivity index (χ2v) is 7.84. The number of rotatable bonds is 6. The number of carbonyl (C=O) groups is 1. The normalized spacial score (nSPS) is 27.9. The summed E-state index contributed by atoms with van der Waals surface area (Å²) in [5, 5.41) is 3.52. The predicted octanol–water partition coefficient (Wildman–Crippen LogP) is 3.59. The molecule has 2 saturated carbocycles. The molecule has 5 unspecified atom stereocenters. The van der Waals surface area contributed by atoms with Crippen LogP contribution in [0.5, 0.6) is 0 Å². The Hall–Kier alpha value is -1.42. The highest BCUT2D eigenvalue weighted by molar-refractivity contribution is 5.81. The Morgan fingerprint density at radius 2 is 2.12 bits per heavy atom. The van der Waals surface area contributed by atoms with Crippen molar-refractivity contribution in [2.45, 2.75) is 58.2 Å². The smallest absolute Gasteiger partial charge is 0.239 e. The molecular formula is C20H29FN2O. The van der Waals surface area contributed by atoms with Gasteiger partial charge in [0.15, 0.2) is 0 Å². The summed E-state index contributed by atoms with van der Waals surface area (Å²) in [6, 6.07) is 6.61. The second-order valence-electron chi connectivity index (χ2n) is 7.84. The van der Waals surface area contributed by atoms with Gasteiger partial charge in [-0.3, -0.25) is 4.79 Å². The minimum atomic E-state index is -0.260. The van der Waals surface area contributed by atoms with Crippen molar-refractivity contribution in [3.63, 3.8) is 0 Å². The number of hydrogen-bond acceptors (Lipinski definition) is 2. The Labute approximate surface area is 144 Å². The van der Waals surface area contributed by atoms with Gasteiger partial charge in [-0.2, -0.15) is 0 Å². The Bertz CT molecular complexity index is 591. The first-order chi connectivity index (χ1) is 11.4. The van der Waals surface area contributed by atoms with Crippen molar-refractivity contribution < 1.29 is 9.18 Å². The van der Waals surface area contributed by atoms with Crippen LogP contribution in [0.2, 0.25) is 0 Å². The topological polar surface area (TPSA) is 32.3 Å². The zero-order valence-electron chi connectivity index (χ0n) is 15.0. The lowest BCUT2D eigenvalue weighted by molar-refractivity contribution is -0.132. The van der Waals surface area contributed by atoms with Gasteiger partial charge in [0, 0.05) is 19.6 Å². The summed E-state index contributed by atoms with van der Waals surface area (Å²) in [7, 11) is 1.79. The Morgan fingerprint density at radius 3 is 2.75 bits per heavy atom. The lowest BCUT2D eigenvalue weighted by Gasteiger charge is -2.31. The maximum atomic E-state index is 13.3. The molecule has 3 nitrogen and oxygen atoms in total. The van der Waals surface area contributed by atoms with Gasteiger partial charge in [-0.1, -0.05) is 18.6 Å². The molecule has 2 aliphatic rings. The van der Waals surface area contributed by atoms with Gasteiger partial charge in [-0.05, 0) is 68.6 Å². The van der Waals surface area contributed by atoms with Gasteiger partial charge in [0.25, 0.3) is 0 Å². The van der Waals surface area contributed by atoms with Crippen molar-refractivity contribution in [2.24, 2.45) is 17.8 Å². The lowest BCUT2D eigenvalue weighted by atomic mass is 9.84. The van der Waals surface area contributed by atoms with Gasteiger partial charge in [0.1, 0.15) is 5.82 Å². The monoisotopic (exact) mass is 332 g/mol. The quantitative estimate of drug-likeness (QED) is 0.863. The molecule has 0 spiro atoms. The Morgan fingerprint density at radius 1 is 1.33 bits per heavy atom. The van der Waals surface area contributed by atoms with Crippen molar-refractivity contribution in [3.05, 3.63) is 35.6 Å². The van der Waals surface area contributed by atoms with Crippen molar-refractivity contribution >= 4 is 5.91 Å². The third-order valence-electron chi connectivity index (χ3n) is 6.00.